The standard InChI is InChI=1S/C7H12F2INO2/c1-2-13-6(12)7(8,9)3-5(10)4-11/h5H,2-4,11H2,1H3. The molecule has 78 valence electrons. The SMILES string of the molecule is CCOC(=O)C(F)(F)CC(I)CN. The van der Waals surface area contributed by atoms with Crippen LogP contribution < -0.4 is 5.73 Å². The van der Waals surface area contributed by atoms with E-state index in [2.05, 4.69) is 4.74 Å². The molecule has 0 aliphatic carbocycles. The highest BCUT2D eigenvalue weighted by molar-refractivity contribution is 14.1. The van der Waals surface area contributed by atoms with Gasteiger partial charge in [0, 0.05) is 16.9 Å². The Hall–Kier alpha value is 0.0200. The predicted octanol–water partition coefficient (Wildman–Crippen LogP) is 1.34. The van der Waals surface area contributed by atoms with Crippen molar-refractivity contribution in [3.63, 3.8) is 0 Å². The van der Waals surface area contributed by atoms with E-state index in [0.29, 0.717) is 0 Å². The van der Waals surface area contributed by atoms with Gasteiger partial charge in [0.25, 0.3) is 0 Å². The van der Waals surface area contributed by atoms with Gasteiger partial charge in [-0.15, -0.1) is 0 Å². The van der Waals surface area contributed by atoms with Crippen molar-refractivity contribution in [3.8, 4) is 0 Å². The fourth-order valence-corrected chi connectivity index (χ4v) is 1.23. The van der Waals surface area contributed by atoms with Crippen LogP contribution in [0.25, 0.3) is 0 Å². The van der Waals surface area contributed by atoms with E-state index in [1.165, 1.54) is 6.92 Å². The van der Waals surface area contributed by atoms with Crippen molar-refractivity contribution in [1.29, 1.82) is 0 Å². The lowest BCUT2D eigenvalue weighted by Crippen LogP contribution is -2.35. The molecule has 1 unspecified atom stereocenters. The number of hydrogen-bond acceptors (Lipinski definition) is 3. The third kappa shape index (κ3) is 4.70. The van der Waals surface area contributed by atoms with E-state index in [4.69, 9.17) is 5.73 Å². The van der Waals surface area contributed by atoms with Gasteiger partial charge in [0.05, 0.1) is 6.61 Å². The van der Waals surface area contributed by atoms with Crippen LogP contribution in [0.4, 0.5) is 8.78 Å². The minimum atomic E-state index is -3.42. The largest absolute Gasteiger partial charge is 0.462 e. The second-order valence-electron chi connectivity index (χ2n) is 2.46. The summed E-state index contributed by atoms with van der Waals surface area (Å²) in [5, 5.41) is 0. The number of carbonyl (C=O) groups is 1. The average molecular weight is 307 g/mol. The van der Waals surface area contributed by atoms with Crippen molar-refractivity contribution >= 4 is 28.6 Å². The minimum Gasteiger partial charge on any atom is -0.462 e. The van der Waals surface area contributed by atoms with Crippen LogP contribution in [0.5, 0.6) is 0 Å². The fourth-order valence-electron chi connectivity index (χ4n) is 0.682. The van der Waals surface area contributed by atoms with E-state index < -0.39 is 22.2 Å². The summed E-state index contributed by atoms with van der Waals surface area (Å²) in [6.07, 6.45) is -0.567. The van der Waals surface area contributed by atoms with Gasteiger partial charge in [-0.3, -0.25) is 0 Å². The fraction of sp³-hybridized carbons (Fsp3) is 0.857. The van der Waals surface area contributed by atoms with Crippen LogP contribution in [0.3, 0.4) is 0 Å². The van der Waals surface area contributed by atoms with Gasteiger partial charge in [-0.05, 0) is 6.92 Å². The maximum absolute atomic E-state index is 12.9. The molecule has 6 heteroatoms. The zero-order chi connectivity index (χ0) is 10.5. The van der Waals surface area contributed by atoms with Crippen molar-refractivity contribution in [1.82, 2.24) is 0 Å². The number of hydrogen-bond donors (Lipinski definition) is 1. The molecule has 0 saturated heterocycles. The molecular formula is C7H12F2INO2. The predicted molar refractivity (Wildman–Crippen MR) is 53.1 cm³/mol. The Balaban J connectivity index is 4.13. The quantitative estimate of drug-likeness (QED) is 0.474. The van der Waals surface area contributed by atoms with Crippen molar-refractivity contribution in [2.45, 2.75) is 23.2 Å². The monoisotopic (exact) mass is 307 g/mol. The summed E-state index contributed by atoms with van der Waals surface area (Å²) < 4.78 is 29.6. The van der Waals surface area contributed by atoms with Gasteiger partial charge in [-0.2, -0.15) is 8.78 Å². The highest BCUT2D eigenvalue weighted by atomic mass is 127. The molecule has 1 atom stereocenters. The molecule has 13 heavy (non-hydrogen) atoms. The number of alkyl halides is 3. The summed E-state index contributed by atoms with van der Waals surface area (Å²) >= 11 is 1.78. The van der Waals surface area contributed by atoms with Crippen LogP contribution in [0.15, 0.2) is 0 Å². The summed E-state index contributed by atoms with van der Waals surface area (Å²) in [6, 6.07) is 0. The summed E-state index contributed by atoms with van der Waals surface area (Å²) in [5.74, 6) is -4.88. The first-order valence-corrected chi connectivity index (χ1v) is 5.07. The lowest BCUT2D eigenvalue weighted by molar-refractivity contribution is -0.172. The van der Waals surface area contributed by atoms with Gasteiger partial charge in [0.2, 0.25) is 0 Å². The van der Waals surface area contributed by atoms with Crippen molar-refractivity contribution in [2.24, 2.45) is 5.73 Å². The Morgan fingerprint density at radius 3 is 2.62 bits per heavy atom. The summed E-state index contributed by atoms with van der Waals surface area (Å²) in [4.78, 5) is 10.7. The van der Waals surface area contributed by atoms with Crippen molar-refractivity contribution < 1.29 is 18.3 Å². The summed E-state index contributed by atoms with van der Waals surface area (Å²) in [6.45, 7) is 1.57. The third-order valence-electron chi connectivity index (χ3n) is 1.31. The zero-order valence-corrected chi connectivity index (χ0v) is 9.38. The Morgan fingerprint density at radius 2 is 2.23 bits per heavy atom. The van der Waals surface area contributed by atoms with Crippen LogP contribution in [0, 0.1) is 0 Å². The molecule has 3 nitrogen and oxygen atoms in total. The van der Waals surface area contributed by atoms with Crippen LogP contribution >= 0.6 is 22.6 Å². The molecule has 0 heterocycles. The average Bonchev–Trinajstić information content (AvgIpc) is 2.04. The Bertz CT molecular complexity index is 178. The van der Waals surface area contributed by atoms with Crippen LogP contribution in [0.2, 0.25) is 0 Å². The maximum atomic E-state index is 12.9. The van der Waals surface area contributed by atoms with Gasteiger partial charge in [-0.25, -0.2) is 4.79 Å². The molecule has 0 aliphatic rings. The number of nitrogens with two attached hydrogens (primary N) is 1. The van der Waals surface area contributed by atoms with E-state index in [-0.39, 0.29) is 13.2 Å². The molecule has 0 aromatic carbocycles. The van der Waals surface area contributed by atoms with Gasteiger partial charge >= 0.3 is 11.9 Å². The Kier molecular flexibility index (Phi) is 5.70. The first-order valence-electron chi connectivity index (χ1n) is 3.83. The zero-order valence-electron chi connectivity index (χ0n) is 7.23. The lowest BCUT2D eigenvalue weighted by Gasteiger charge is -2.16. The molecule has 0 spiro atoms. The normalized spacial score (nSPS) is 13.9. The minimum absolute atomic E-state index is 0.0387. The van der Waals surface area contributed by atoms with Crippen LogP contribution in [0.1, 0.15) is 13.3 Å². The topological polar surface area (TPSA) is 52.3 Å². The van der Waals surface area contributed by atoms with Gasteiger partial charge < -0.3 is 10.5 Å². The Morgan fingerprint density at radius 1 is 1.69 bits per heavy atom. The van der Waals surface area contributed by atoms with Crippen molar-refractivity contribution in [3.05, 3.63) is 0 Å². The molecule has 0 saturated carbocycles. The number of esters is 1. The molecular weight excluding hydrogens is 295 g/mol. The highest BCUT2D eigenvalue weighted by Gasteiger charge is 2.41. The third-order valence-corrected chi connectivity index (χ3v) is 2.26. The number of carbonyl (C=O) groups excluding carboxylic acids is 1. The molecule has 0 radical (unpaired) electrons. The molecule has 0 aromatic rings. The van der Waals surface area contributed by atoms with E-state index in [1.807, 2.05) is 0 Å². The summed E-state index contributed by atoms with van der Waals surface area (Å²) in [5.41, 5.74) is 5.16. The summed E-state index contributed by atoms with van der Waals surface area (Å²) in [7, 11) is 0. The van der Waals surface area contributed by atoms with Gasteiger partial charge in [0.15, 0.2) is 0 Å². The van der Waals surface area contributed by atoms with Gasteiger partial charge in [0.1, 0.15) is 0 Å². The smallest absolute Gasteiger partial charge is 0.377 e. The highest BCUT2D eigenvalue weighted by Crippen LogP contribution is 2.25. The molecule has 0 aromatic heterocycles. The van der Waals surface area contributed by atoms with Crippen LogP contribution in [-0.4, -0.2) is 29.0 Å². The molecule has 0 rings (SSSR count). The maximum Gasteiger partial charge on any atom is 0.377 e. The van der Waals surface area contributed by atoms with Crippen LogP contribution in [-0.2, 0) is 9.53 Å². The van der Waals surface area contributed by atoms with E-state index in [0.717, 1.165) is 0 Å². The number of ether oxygens (including phenoxy) is 1. The molecule has 0 bridgehead atoms. The molecule has 2 N–H and O–H groups in total. The van der Waals surface area contributed by atoms with Crippen molar-refractivity contribution in [2.75, 3.05) is 13.2 Å². The first kappa shape index (κ1) is 13.0. The Labute approximate surface area is 89.1 Å². The lowest BCUT2D eigenvalue weighted by atomic mass is 10.2. The van der Waals surface area contributed by atoms with Gasteiger partial charge in [-0.1, -0.05) is 22.6 Å². The van der Waals surface area contributed by atoms with E-state index in [1.54, 1.807) is 22.6 Å². The van der Waals surface area contributed by atoms with E-state index >= 15 is 0 Å². The first-order chi connectivity index (χ1) is 5.94. The molecule has 0 amide bonds. The van der Waals surface area contributed by atoms with E-state index in [9.17, 15) is 13.6 Å². The molecule has 0 aliphatic heterocycles. The second-order valence-corrected chi connectivity index (χ2v) is 4.22. The number of halogens is 3. The second kappa shape index (κ2) is 5.69. The number of rotatable bonds is 5. The molecule has 0 fully saturated rings.